The number of hydrogen-bond donors (Lipinski definition) is 3. The molecule has 3 rings (SSSR count). The summed E-state index contributed by atoms with van der Waals surface area (Å²) in [5.41, 5.74) is 8.67. The Morgan fingerprint density at radius 1 is 1.39 bits per heavy atom. The largest absolute Gasteiger partial charge is 0.394 e. The Morgan fingerprint density at radius 2 is 2.22 bits per heavy atom. The Balaban J connectivity index is 2.07. The predicted molar refractivity (Wildman–Crippen MR) is 73.4 cm³/mol. The molecule has 5 heteroatoms. The lowest BCUT2D eigenvalue weighted by molar-refractivity contribution is 0.266. The molecule has 0 saturated carbocycles. The maximum absolute atomic E-state index is 9.03. The average molecular weight is 259 g/mol. The van der Waals surface area contributed by atoms with Crippen molar-refractivity contribution in [2.45, 2.75) is 6.04 Å². The van der Waals surface area contributed by atoms with Gasteiger partial charge in [-0.1, -0.05) is 18.2 Å². The summed E-state index contributed by atoms with van der Waals surface area (Å²) >= 11 is 1.54. The zero-order valence-electron chi connectivity index (χ0n) is 9.63. The van der Waals surface area contributed by atoms with E-state index in [1.165, 1.54) is 0 Å². The van der Waals surface area contributed by atoms with Crippen LogP contribution in [0.5, 0.6) is 0 Å². The molecule has 0 bridgehead atoms. The highest BCUT2D eigenvalue weighted by atomic mass is 32.1. The quantitative estimate of drug-likeness (QED) is 0.675. The Hall–Kier alpha value is -1.69. The van der Waals surface area contributed by atoms with Gasteiger partial charge in [-0.3, -0.25) is 0 Å². The molecule has 4 N–H and O–H groups in total. The molecular formula is C13H13N3OS. The lowest BCUT2D eigenvalue weighted by Crippen LogP contribution is -2.14. The van der Waals surface area contributed by atoms with E-state index >= 15 is 0 Å². The molecule has 4 nitrogen and oxygen atoms in total. The molecule has 1 unspecified atom stereocenters. The van der Waals surface area contributed by atoms with Crippen molar-refractivity contribution in [2.24, 2.45) is 5.73 Å². The summed E-state index contributed by atoms with van der Waals surface area (Å²) in [7, 11) is 0. The van der Waals surface area contributed by atoms with Crippen LogP contribution in [0.15, 0.2) is 35.8 Å². The number of benzene rings is 1. The van der Waals surface area contributed by atoms with Crippen molar-refractivity contribution in [3.8, 4) is 10.6 Å². The summed E-state index contributed by atoms with van der Waals surface area (Å²) in [4.78, 5) is 7.71. The number of H-pyrrole nitrogens is 1. The summed E-state index contributed by atoms with van der Waals surface area (Å²) in [5.74, 6) is 0. The summed E-state index contributed by atoms with van der Waals surface area (Å²) in [6, 6.07) is 7.70. The number of hydrogen-bond acceptors (Lipinski definition) is 4. The third kappa shape index (κ3) is 1.82. The van der Waals surface area contributed by atoms with Gasteiger partial charge in [0.1, 0.15) is 5.01 Å². The van der Waals surface area contributed by atoms with Crippen LogP contribution < -0.4 is 5.73 Å². The second kappa shape index (κ2) is 4.53. The third-order valence-corrected chi connectivity index (χ3v) is 3.81. The number of fused-ring (bicyclic) bond motifs is 1. The maximum Gasteiger partial charge on any atom is 0.125 e. The predicted octanol–water partition coefficient (Wildman–Crippen LogP) is 2.28. The minimum Gasteiger partial charge on any atom is -0.394 e. The van der Waals surface area contributed by atoms with Crippen molar-refractivity contribution in [3.63, 3.8) is 0 Å². The van der Waals surface area contributed by atoms with Gasteiger partial charge in [0.05, 0.1) is 18.3 Å². The summed E-state index contributed by atoms with van der Waals surface area (Å²) in [6.07, 6.45) is 1.96. The van der Waals surface area contributed by atoms with Crippen molar-refractivity contribution in [2.75, 3.05) is 6.61 Å². The lowest BCUT2D eigenvalue weighted by Gasteiger charge is -2.02. The Morgan fingerprint density at radius 3 is 3.06 bits per heavy atom. The smallest absolute Gasteiger partial charge is 0.125 e. The fourth-order valence-corrected chi connectivity index (χ4v) is 2.84. The standard InChI is InChI=1S/C13H13N3OS/c14-10(6-17)12-7-18-13(16-12)9-5-15-11-4-2-1-3-8(9)11/h1-5,7,10,15,17H,6,14H2. The van der Waals surface area contributed by atoms with Crippen LogP contribution in [0.2, 0.25) is 0 Å². The number of aliphatic hydroxyl groups excluding tert-OH is 1. The van der Waals surface area contributed by atoms with E-state index in [0.717, 1.165) is 27.2 Å². The fourth-order valence-electron chi connectivity index (χ4n) is 1.92. The molecule has 0 aliphatic rings. The summed E-state index contributed by atoms with van der Waals surface area (Å²) < 4.78 is 0. The average Bonchev–Trinajstić information content (AvgIpc) is 3.03. The molecule has 1 aromatic carbocycles. The van der Waals surface area contributed by atoms with E-state index in [-0.39, 0.29) is 6.61 Å². The first-order valence-electron chi connectivity index (χ1n) is 5.68. The Kier molecular flexibility index (Phi) is 2.87. The molecule has 0 spiro atoms. The highest BCUT2D eigenvalue weighted by Gasteiger charge is 2.13. The topological polar surface area (TPSA) is 74.9 Å². The second-order valence-electron chi connectivity index (χ2n) is 4.11. The van der Waals surface area contributed by atoms with E-state index in [1.807, 2.05) is 29.8 Å². The minimum absolute atomic E-state index is 0.0863. The van der Waals surface area contributed by atoms with E-state index in [0.29, 0.717) is 0 Å². The molecule has 1 atom stereocenters. The molecule has 0 fully saturated rings. The number of nitrogens with zero attached hydrogens (tertiary/aromatic N) is 1. The van der Waals surface area contributed by atoms with Gasteiger partial charge in [-0.25, -0.2) is 4.98 Å². The van der Waals surface area contributed by atoms with Crippen LogP contribution in [-0.4, -0.2) is 21.7 Å². The summed E-state index contributed by atoms with van der Waals surface area (Å²) in [5, 5.41) is 13.0. The van der Waals surface area contributed by atoms with E-state index in [1.54, 1.807) is 11.3 Å². The molecule has 0 radical (unpaired) electrons. The van der Waals surface area contributed by atoms with Gasteiger partial charge in [0.25, 0.3) is 0 Å². The van der Waals surface area contributed by atoms with Crippen LogP contribution in [0.4, 0.5) is 0 Å². The van der Waals surface area contributed by atoms with Crippen LogP contribution in [0, 0.1) is 0 Å². The van der Waals surface area contributed by atoms with Crippen LogP contribution in [0.3, 0.4) is 0 Å². The number of thiazole rings is 1. The number of nitrogens with one attached hydrogen (secondary N) is 1. The molecule has 0 aliphatic heterocycles. The normalized spacial score (nSPS) is 13.0. The zero-order valence-corrected chi connectivity index (χ0v) is 10.4. The Labute approximate surface area is 108 Å². The molecule has 3 aromatic rings. The minimum atomic E-state index is -0.403. The molecule has 18 heavy (non-hydrogen) atoms. The number of rotatable bonds is 3. The number of para-hydroxylation sites is 1. The Bertz CT molecular complexity index is 673. The molecule has 0 aliphatic carbocycles. The monoisotopic (exact) mass is 259 g/mol. The number of aromatic nitrogens is 2. The van der Waals surface area contributed by atoms with E-state index in [4.69, 9.17) is 10.8 Å². The molecule has 0 saturated heterocycles. The number of aromatic amines is 1. The van der Waals surface area contributed by atoms with Crippen molar-refractivity contribution < 1.29 is 5.11 Å². The van der Waals surface area contributed by atoms with E-state index < -0.39 is 6.04 Å². The SMILES string of the molecule is NC(CO)c1csc(-c2c[nH]c3ccccc23)n1. The van der Waals surface area contributed by atoms with Gasteiger partial charge in [-0.15, -0.1) is 11.3 Å². The first kappa shape index (κ1) is 11.4. The third-order valence-electron chi connectivity index (χ3n) is 2.92. The van der Waals surface area contributed by atoms with Crippen LogP contribution >= 0.6 is 11.3 Å². The van der Waals surface area contributed by atoms with Crippen LogP contribution in [-0.2, 0) is 0 Å². The summed E-state index contributed by atoms with van der Waals surface area (Å²) in [6.45, 7) is -0.0863. The first-order chi connectivity index (χ1) is 8.79. The van der Waals surface area contributed by atoms with Gasteiger partial charge < -0.3 is 15.8 Å². The van der Waals surface area contributed by atoms with Gasteiger partial charge in [0.15, 0.2) is 0 Å². The molecule has 92 valence electrons. The molecule has 2 heterocycles. The van der Waals surface area contributed by atoms with Crippen molar-refractivity contribution >= 4 is 22.2 Å². The highest BCUT2D eigenvalue weighted by molar-refractivity contribution is 7.13. The fraction of sp³-hybridized carbons (Fsp3) is 0.154. The van der Waals surface area contributed by atoms with Gasteiger partial charge >= 0.3 is 0 Å². The first-order valence-corrected chi connectivity index (χ1v) is 6.56. The second-order valence-corrected chi connectivity index (χ2v) is 4.97. The van der Waals surface area contributed by atoms with Crippen molar-refractivity contribution in [3.05, 3.63) is 41.5 Å². The maximum atomic E-state index is 9.03. The van der Waals surface area contributed by atoms with Gasteiger partial charge in [0.2, 0.25) is 0 Å². The molecule has 2 aromatic heterocycles. The van der Waals surface area contributed by atoms with Gasteiger partial charge in [-0.05, 0) is 6.07 Å². The molecule has 0 amide bonds. The zero-order chi connectivity index (χ0) is 12.5. The van der Waals surface area contributed by atoms with E-state index in [2.05, 4.69) is 16.0 Å². The van der Waals surface area contributed by atoms with Gasteiger partial charge in [0, 0.05) is 28.0 Å². The van der Waals surface area contributed by atoms with Crippen LogP contribution in [0.1, 0.15) is 11.7 Å². The van der Waals surface area contributed by atoms with E-state index in [9.17, 15) is 0 Å². The highest BCUT2D eigenvalue weighted by Crippen LogP contribution is 2.31. The number of aliphatic hydroxyl groups is 1. The lowest BCUT2D eigenvalue weighted by atomic mass is 10.2. The molecular weight excluding hydrogens is 246 g/mol. The van der Waals surface area contributed by atoms with Gasteiger partial charge in [-0.2, -0.15) is 0 Å². The van der Waals surface area contributed by atoms with Crippen molar-refractivity contribution in [1.29, 1.82) is 0 Å². The van der Waals surface area contributed by atoms with Crippen molar-refractivity contribution in [1.82, 2.24) is 9.97 Å². The number of nitrogens with two attached hydrogens (primary N) is 1. The van der Waals surface area contributed by atoms with Crippen LogP contribution in [0.25, 0.3) is 21.5 Å².